The molecule has 4 nitrogen and oxygen atoms in total. The molecule has 1 saturated carbocycles. The Labute approximate surface area is 155 Å². The van der Waals surface area contributed by atoms with E-state index in [0.29, 0.717) is 0 Å². The molecule has 1 aliphatic heterocycles. The minimum atomic E-state index is -0.116. The lowest BCUT2D eigenvalue weighted by molar-refractivity contribution is 0.135. The summed E-state index contributed by atoms with van der Waals surface area (Å²) < 4.78 is 0. The van der Waals surface area contributed by atoms with Crippen LogP contribution in [0, 0.1) is 5.92 Å². The molecule has 1 saturated heterocycles. The number of rotatable bonds is 5. The Morgan fingerprint density at radius 2 is 1.42 bits per heavy atom. The molecule has 0 bridgehead atoms. The molecule has 0 atom stereocenters. The summed E-state index contributed by atoms with van der Waals surface area (Å²) in [6, 6.07) is 20.3. The van der Waals surface area contributed by atoms with Gasteiger partial charge in [0.25, 0.3) is 0 Å². The van der Waals surface area contributed by atoms with Crippen LogP contribution in [0.25, 0.3) is 0 Å². The first-order chi connectivity index (χ1) is 12.8. The quantitative estimate of drug-likeness (QED) is 0.896. The molecule has 1 aliphatic carbocycles. The standard InChI is InChI=1S/C22H27N3O/c26-22(25-15-13-24(14-16-25)17-18-11-12-18)23-21(19-7-3-1-4-8-19)20-9-5-2-6-10-20/h1-10,18,21H,11-17H2,(H,23,26). The highest BCUT2D eigenvalue weighted by Gasteiger charge is 2.28. The Hall–Kier alpha value is -2.33. The molecule has 26 heavy (non-hydrogen) atoms. The van der Waals surface area contributed by atoms with Crippen molar-refractivity contribution < 1.29 is 4.79 Å². The fourth-order valence-corrected chi connectivity index (χ4v) is 3.66. The van der Waals surface area contributed by atoms with Crippen molar-refractivity contribution in [3.63, 3.8) is 0 Å². The fraction of sp³-hybridized carbons (Fsp3) is 0.409. The van der Waals surface area contributed by atoms with Crippen molar-refractivity contribution in [2.75, 3.05) is 32.7 Å². The van der Waals surface area contributed by atoms with E-state index >= 15 is 0 Å². The van der Waals surface area contributed by atoms with E-state index in [2.05, 4.69) is 34.5 Å². The molecule has 2 aromatic carbocycles. The van der Waals surface area contributed by atoms with Gasteiger partial charge in [0.1, 0.15) is 0 Å². The second-order valence-electron chi connectivity index (χ2n) is 7.43. The highest BCUT2D eigenvalue weighted by molar-refractivity contribution is 5.75. The molecule has 0 radical (unpaired) electrons. The summed E-state index contributed by atoms with van der Waals surface area (Å²) in [5.74, 6) is 0.913. The lowest BCUT2D eigenvalue weighted by Crippen LogP contribution is -2.52. The van der Waals surface area contributed by atoms with Crippen LogP contribution in [-0.2, 0) is 0 Å². The van der Waals surface area contributed by atoms with Crippen molar-refractivity contribution in [3.8, 4) is 0 Å². The Balaban J connectivity index is 1.41. The Morgan fingerprint density at radius 1 is 0.885 bits per heavy atom. The number of nitrogens with one attached hydrogen (secondary N) is 1. The molecule has 2 fully saturated rings. The van der Waals surface area contributed by atoms with Crippen LogP contribution >= 0.6 is 0 Å². The lowest BCUT2D eigenvalue weighted by Gasteiger charge is -2.35. The molecular weight excluding hydrogens is 322 g/mol. The van der Waals surface area contributed by atoms with Gasteiger partial charge >= 0.3 is 6.03 Å². The summed E-state index contributed by atoms with van der Waals surface area (Å²) >= 11 is 0. The number of hydrogen-bond acceptors (Lipinski definition) is 2. The van der Waals surface area contributed by atoms with Crippen LogP contribution in [0.4, 0.5) is 4.79 Å². The average molecular weight is 349 g/mol. The molecule has 2 aromatic rings. The van der Waals surface area contributed by atoms with Gasteiger partial charge in [0, 0.05) is 32.7 Å². The van der Waals surface area contributed by atoms with E-state index < -0.39 is 0 Å². The lowest BCUT2D eigenvalue weighted by atomic mass is 9.99. The van der Waals surface area contributed by atoms with E-state index in [1.807, 2.05) is 41.3 Å². The molecular formula is C22H27N3O. The number of benzene rings is 2. The van der Waals surface area contributed by atoms with Gasteiger partial charge in [-0.05, 0) is 29.9 Å². The third-order valence-electron chi connectivity index (χ3n) is 5.41. The maximum absolute atomic E-state index is 12.9. The van der Waals surface area contributed by atoms with Gasteiger partial charge in [-0.3, -0.25) is 4.90 Å². The summed E-state index contributed by atoms with van der Waals surface area (Å²) in [5, 5.41) is 3.26. The van der Waals surface area contributed by atoms with Crippen LogP contribution in [-0.4, -0.2) is 48.6 Å². The van der Waals surface area contributed by atoms with Crippen LogP contribution < -0.4 is 5.32 Å². The van der Waals surface area contributed by atoms with Gasteiger partial charge in [-0.15, -0.1) is 0 Å². The Kier molecular flexibility index (Phi) is 5.21. The molecule has 2 amide bonds. The summed E-state index contributed by atoms with van der Waals surface area (Å²) in [6.45, 7) is 4.83. The van der Waals surface area contributed by atoms with Crippen LogP contribution in [0.5, 0.6) is 0 Å². The third-order valence-corrected chi connectivity index (χ3v) is 5.41. The summed E-state index contributed by atoms with van der Waals surface area (Å²) in [7, 11) is 0. The summed E-state index contributed by atoms with van der Waals surface area (Å²) in [5.41, 5.74) is 2.22. The van der Waals surface area contributed by atoms with Gasteiger partial charge in [-0.2, -0.15) is 0 Å². The first-order valence-corrected chi connectivity index (χ1v) is 9.67. The van der Waals surface area contributed by atoms with Gasteiger partial charge in [-0.25, -0.2) is 4.79 Å². The highest BCUT2D eigenvalue weighted by Crippen LogP contribution is 2.30. The normalized spacial score (nSPS) is 18.1. The van der Waals surface area contributed by atoms with E-state index in [0.717, 1.165) is 43.2 Å². The van der Waals surface area contributed by atoms with Crippen molar-refractivity contribution in [3.05, 3.63) is 71.8 Å². The first kappa shape index (κ1) is 17.1. The topological polar surface area (TPSA) is 35.6 Å². The van der Waals surface area contributed by atoms with Crippen molar-refractivity contribution in [1.82, 2.24) is 15.1 Å². The molecule has 1 N–H and O–H groups in total. The number of carbonyl (C=O) groups is 1. The minimum absolute atomic E-state index is 0.0359. The maximum atomic E-state index is 12.9. The molecule has 4 rings (SSSR count). The molecule has 0 spiro atoms. The Bertz CT molecular complexity index is 667. The van der Waals surface area contributed by atoms with Crippen LogP contribution in [0.3, 0.4) is 0 Å². The predicted molar refractivity (Wildman–Crippen MR) is 104 cm³/mol. The number of piperazine rings is 1. The van der Waals surface area contributed by atoms with E-state index in [1.54, 1.807) is 0 Å². The van der Waals surface area contributed by atoms with Gasteiger partial charge in [-0.1, -0.05) is 60.7 Å². The third kappa shape index (κ3) is 4.25. The summed E-state index contributed by atoms with van der Waals surface area (Å²) in [6.07, 6.45) is 2.77. The zero-order chi connectivity index (χ0) is 17.8. The molecule has 136 valence electrons. The fourth-order valence-electron chi connectivity index (χ4n) is 3.66. The first-order valence-electron chi connectivity index (χ1n) is 9.67. The van der Waals surface area contributed by atoms with E-state index in [9.17, 15) is 4.79 Å². The minimum Gasteiger partial charge on any atom is -0.327 e. The molecule has 1 heterocycles. The SMILES string of the molecule is O=C(NC(c1ccccc1)c1ccccc1)N1CCN(CC2CC2)CC1. The second-order valence-corrected chi connectivity index (χ2v) is 7.43. The number of nitrogens with zero attached hydrogens (tertiary/aromatic N) is 2. The largest absolute Gasteiger partial charge is 0.327 e. The van der Waals surface area contributed by atoms with Gasteiger partial charge in [0.05, 0.1) is 6.04 Å². The number of urea groups is 1. The Morgan fingerprint density at radius 3 is 1.92 bits per heavy atom. The average Bonchev–Trinajstić information content (AvgIpc) is 3.52. The predicted octanol–water partition coefficient (Wildman–Crippen LogP) is 3.51. The smallest absolute Gasteiger partial charge is 0.318 e. The highest BCUT2D eigenvalue weighted by atomic mass is 16.2. The monoisotopic (exact) mass is 349 g/mol. The van der Waals surface area contributed by atoms with Gasteiger partial charge in [0.15, 0.2) is 0 Å². The van der Waals surface area contributed by atoms with Crippen molar-refractivity contribution in [1.29, 1.82) is 0 Å². The zero-order valence-corrected chi connectivity index (χ0v) is 15.2. The molecule has 2 aliphatic rings. The second kappa shape index (κ2) is 7.92. The van der Waals surface area contributed by atoms with E-state index in [-0.39, 0.29) is 12.1 Å². The van der Waals surface area contributed by atoms with Crippen molar-refractivity contribution >= 4 is 6.03 Å². The van der Waals surface area contributed by atoms with Gasteiger partial charge in [0.2, 0.25) is 0 Å². The van der Waals surface area contributed by atoms with Crippen LogP contribution in [0.1, 0.15) is 30.0 Å². The van der Waals surface area contributed by atoms with Crippen LogP contribution in [0.2, 0.25) is 0 Å². The zero-order valence-electron chi connectivity index (χ0n) is 15.2. The number of amides is 2. The molecule has 4 heteroatoms. The van der Waals surface area contributed by atoms with Crippen molar-refractivity contribution in [2.24, 2.45) is 5.92 Å². The number of hydrogen-bond donors (Lipinski definition) is 1. The van der Waals surface area contributed by atoms with Gasteiger partial charge < -0.3 is 10.2 Å². The van der Waals surface area contributed by atoms with E-state index in [1.165, 1.54) is 19.4 Å². The molecule has 0 aromatic heterocycles. The maximum Gasteiger partial charge on any atom is 0.318 e. The van der Waals surface area contributed by atoms with E-state index in [4.69, 9.17) is 0 Å². The van der Waals surface area contributed by atoms with Crippen molar-refractivity contribution in [2.45, 2.75) is 18.9 Å². The number of carbonyl (C=O) groups excluding carboxylic acids is 1. The molecule has 0 unspecified atom stereocenters. The summed E-state index contributed by atoms with van der Waals surface area (Å²) in [4.78, 5) is 17.4. The van der Waals surface area contributed by atoms with Crippen LogP contribution in [0.15, 0.2) is 60.7 Å².